The highest BCUT2D eigenvalue weighted by atomic mass is 16.5. The molecule has 0 bridgehead atoms. The van der Waals surface area contributed by atoms with E-state index in [1.54, 1.807) is 6.92 Å². The molecule has 0 heterocycles. The lowest BCUT2D eigenvalue weighted by atomic mass is 10.1. The number of methoxy groups -OCH3 is 1. The first-order valence-electron chi connectivity index (χ1n) is 18.9. The molecule has 0 saturated heterocycles. The van der Waals surface area contributed by atoms with Gasteiger partial charge in [0.2, 0.25) is 0 Å². The first-order valence-corrected chi connectivity index (χ1v) is 18.9. The van der Waals surface area contributed by atoms with Gasteiger partial charge in [-0.15, -0.1) is 26.3 Å². The molecule has 0 spiro atoms. The number of ketones is 1. The highest BCUT2D eigenvalue weighted by Crippen LogP contribution is 2.11. The summed E-state index contributed by atoms with van der Waals surface area (Å²) in [5.41, 5.74) is 0. The van der Waals surface area contributed by atoms with Crippen LogP contribution in [0.4, 0.5) is 0 Å². The lowest BCUT2D eigenvalue weighted by Crippen LogP contribution is -1.98. The molecule has 0 aliphatic rings. The third kappa shape index (κ3) is 64.9. The SMILES string of the molecule is C.C=C.C=CCCCCCCCC.C=CCCCCCCCC(C)=O.CCCCCCCC/C=C\CCCCCCCC(=O)OC. The zero-order valence-corrected chi connectivity index (χ0v) is 31.2. The fourth-order valence-corrected chi connectivity index (χ4v) is 4.70. The number of carbonyl (C=O) groups excluding carboxylic acids is 2. The second kappa shape index (κ2) is 55.5. The molecule has 0 aromatic rings. The second-order valence-corrected chi connectivity index (χ2v) is 12.1. The third-order valence-corrected chi connectivity index (χ3v) is 7.57. The quantitative estimate of drug-likeness (QED) is 0.0442. The Kier molecular flexibility index (Phi) is 64.7. The van der Waals surface area contributed by atoms with E-state index in [2.05, 4.69) is 57.1 Å². The van der Waals surface area contributed by atoms with Crippen LogP contribution in [0.3, 0.4) is 0 Å². The molecule has 0 aliphatic heterocycles. The fraction of sp³-hybridized carbons (Fsp3) is 0.767. The predicted octanol–water partition coefficient (Wildman–Crippen LogP) is 15.1. The molecular weight excluding hydrogens is 564 g/mol. The van der Waals surface area contributed by atoms with Crippen LogP contribution in [0, 0.1) is 0 Å². The monoisotopic (exact) mass is 649 g/mol. The van der Waals surface area contributed by atoms with Gasteiger partial charge in [0.25, 0.3) is 0 Å². The number of carbonyl (C=O) groups is 2. The molecule has 3 nitrogen and oxygen atoms in total. The van der Waals surface area contributed by atoms with E-state index >= 15 is 0 Å². The summed E-state index contributed by atoms with van der Waals surface area (Å²) in [6, 6.07) is 0. The van der Waals surface area contributed by atoms with Crippen molar-refractivity contribution < 1.29 is 14.3 Å². The first kappa shape index (κ1) is 53.6. The lowest BCUT2D eigenvalue weighted by Gasteiger charge is -2.00. The molecule has 0 saturated carbocycles. The number of rotatable bonds is 30. The average Bonchev–Trinajstić information content (AvgIpc) is 3.05. The number of hydrogen-bond donors (Lipinski definition) is 0. The minimum absolute atomic E-state index is 0. The third-order valence-electron chi connectivity index (χ3n) is 7.57. The van der Waals surface area contributed by atoms with E-state index in [1.807, 2.05) is 12.2 Å². The van der Waals surface area contributed by atoms with Gasteiger partial charge < -0.3 is 9.53 Å². The molecule has 0 amide bonds. The summed E-state index contributed by atoms with van der Waals surface area (Å²) in [5, 5.41) is 0. The van der Waals surface area contributed by atoms with Crippen LogP contribution in [0.1, 0.15) is 208 Å². The molecule has 0 radical (unpaired) electrons. The number of Topliss-reactive ketones (excluding diaryl/α,β-unsaturated/α-hetero) is 1. The normalized spacial score (nSPS) is 9.83. The highest BCUT2D eigenvalue weighted by Gasteiger charge is 1.98. The van der Waals surface area contributed by atoms with Gasteiger partial charge in [-0.3, -0.25) is 4.79 Å². The zero-order chi connectivity index (χ0) is 34.5. The van der Waals surface area contributed by atoms with Crippen molar-refractivity contribution in [2.24, 2.45) is 0 Å². The van der Waals surface area contributed by atoms with E-state index < -0.39 is 0 Å². The zero-order valence-electron chi connectivity index (χ0n) is 31.2. The number of ether oxygens (including phenoxy) is 1. The minimum atomic E-state index is -0.0763. The standard InChI is InChI=1S/C19H36O2.C11H20O.C10H20.C2H4.CH4/c1-3-4-5-6-7-8-9-10-11-12-13-14-15-16-17-18-19(20)21-2;1-3-4-5-6-7-8-9-10-11(2)12;1-3-5-7-9-10-8-6-4-2;1-2;/h10-11H,3-9,12-18H2,1-2H3;3H,1,4-10H2,2H3;3H,1,4-10H2,2H3;1-2H2;1H4/b11-10-;;;;. The van der Waals surface area contributed by atoms with Gasteiger partial charge in [-0.25, -0.2) is 0 Å². The van der Waals surface area contributed by atoms with Crippen molar-refractivity contribution in [3.05, 3.63) is 50.6 Å². The number of allylic oxidation sites excluding steroid dienone is 4. The molecule has 0 aliphatic carbocycles. The molecule has 274 valence electrons. The summed E-state index contributed by atoms with van der Waals surface area (Å²) in [6.07, 6.45) is 43.5. The summed E-state index contributed by atoms with van der Waals surface area (Å²) in [7, 11) is 1.46. The average molecular weight is 649 g/mol. The van der Waals surface area contributed by atoms with Crippen LogP contribution in [0.15, 0.2) is 50.6 Å². The predicted molar refractivity (Wildman–Crippen MR) is 211 cm³/mol. The van der Waals surface area contributed by atoms with Crippen LogP contribution >= 0.6 is 0 Å². The van der Waals surface area contributed by atoms with E-state index in [1.165, 1.54) is 148 Å². The molecule has 0 aromatic carbocycles. The summed E-state index contributed by atoms with van der Waals surface area (Å²) in [6.45, 7) is 19.6. The Hall–Kier alpha value is -1.90. The molecule has 46 heavy (non-hydrogen) atoms. The Morgan fingerprint density at radius 3 is 1.13 bits per heavy atom. The molecule has 0 atom stereocenters. The first-order chi connectivity index (χ1) is 22.0. The lowest BCUT2D eigenvalue weighted by molar-refractivity contribution is -0.140. The molecule has 0 rings (SSSR count). The van der Waals surface area contributed by atoms with E-state index in [4.69, 9.17) is 0 Å². The molecule has 0 fully saturated rings. The van der Waals surface area contributed by atoms with E-state index in [0.717, 1.165) is 32.1 Å². The van der Waals surface area contributed by atoms with Crippen molar-refractivity contribution >= 4 is 11.8 Å². The van der Waals surface area contributed by atoms with Gasteiger partial charge in [0, 0.05) is 12.8 Å². The maximum Gasteiger partial charge on any atom is 0.305 e. The summed E-state index contributed by atoms with van der Waals surface area (Å²) < 4.78 is 4.62. The number of unbranched alkanes of at least 4 members (excludes halogenated alkanes) is 22. The van der Waals surface area contributed by atoms with Crippen LogP contribution in [0.5, 0.6) is 0 Å². The summed E-state index contributed by atoms with van der Waals surface area (Å²) in [4.78, 5) is 21.5. The van der Waals surface area contributed by atoms with E-state index in [-0.39, 0.29) is 13.4 Å². The summed E-state index contributed by atoms with van der Waals surface area (Å²) in [5.74, 6) is 0.244. The smallest absolute Gasteiger partial charge is 0.305 e. The molecular formula is C43H84O3. The largest absolute Gasteiger partial charge is 0.469 e. The Balaban J connectivity index is -0.000000191. The van der Waals surface area contributed by atoms with Gasteiger partial charge in [0.15, 0.2) is 0 Å². The minimum Gasteiger partial charge on any atom is -0.469 e. The number of hydrogen-bond acceptors (Lipinski definition) is 3. The van der Waals surface area contributed by atoms with E-state index in [0.29, 0.717) is 12.2 Å². The molecule has 0 N–H and O–H groups in total. The maximum absolute atomic E-state index is 10.9. The van der Waals surface area contributed by atoms with Crippen LogP contribution < -0.4 is 0 Å². The Morgan fingerprint density at radius 1 is 0.500 bits per heavy atom. The fourth-order valence-electron chi connectivity index (χ4n) is 4.70. The Morgan fingerprint density at radius 2 is 0.804 bits per heavy atom. The van der Waals surface area contributed by atoms with Gasteiger partial charge >= 0.3 is 5.97 Å². The topological polar surface area (TPSA) is 43.4 Å². The van der Waals surface area contributed by atoms with Crippen LogP contribution in [0.25, 0.3) is 0 Å². The van der Waals surface area contributed by atoms with Gasteiger partial charge in [-0.2, -0.15) is 0 Å². The summed E-state index contributed by atoms with van der Waals surface area (Å²) >= 11 is 0. The van der Waals surface area contributed by atoms with E-state index in [9.17, 15) is 9.59 Å². The molecule has 0 unspecified atom stereocenters. The molecule has 0 aromatic heterocycles. The van der Waals surface area contributed by atoms with Gasteiger partial charge in [0.1, 0.15) is 5.78 Å². The van der Waals surface area contributed by atoms with Crippen LogP contribution in [-0.2, 0) is 14.3 Å². The number of esters is 1. The van der Waals surface area contributed by atoms with Crippen molar-refractivity contribution in [1.29, 1.82) is 0 Å². The highest BCUT2D eigenvalue weighted by molar-refractivity contribution is 5.75. The van der Waals surface area contributed by atoms with Crippen LogP contribution in [-0.4, -0.2) is 18.9 Å². The Bertz CT molecular complexity index is 607. The van der Waals surface area contributed by atoms with Crippen molar-refractivity contribution in [2.75, 3.05) is 7.11 Å². The van der Waals surface area contributed by atoms with Gasteiger partial charge in [-0.05, 0) is 71.1 Å². The maximum atomic E-state index is 10.9. The second-order valence-electron chi connectivity index (χ2n) is 12.1. The van der Waals surface area contributed by atoms with Gasteiger partial charge in [0.05, 0.1) is 7.11 Å². The van der Waals surface area contributed by atoms with Gasteiger partial charge in [-0.1, -0.05) is 148 Å². The van der Waals surface area contributed by atoms with Crippen molar-refractivity contribution in [3.8, 4) is 0 Å². The van der Waals surface area contributed by atoms with Crippen molar-refractivity contribution in [3.63, 3.8) is 0 Å². The Labute approximate surface area is 291 Å². The van der Waals surface area contributed by atoms with Crippen LogP contribution in [0.2, 0.25) is 0 Å². The van der Waals surface area contributed by atoms with Crippen molar-refractivity contribution in [1.82, 2.24) is 0 Å². The van der Waals surface area contributed by atoms with Crippen molar-refractivity contribution in [2.45, 2.75) is 208 Å². The molecule has 3 heteroatoms.